The highest BCUT2D eigenvalue weighted by Crippen LogP contribution is 2.28. The Morgan fingerprint density at radius 3 is 2.36 bits per heavy atom. The smallest absolute Gasteiger partial charge is 0.352 e. The lowest BCUT2D eigenvalue weighted by Gasteiger charge is -2.27. The number of nitrogens with zero attached hydrogens (tertiary/aromatic N) is 1. The second-order valence-corrected chi connectivity index (χ2v) is 8.10. The molecule has 0 spiro atoms. The zero-order chi connectivity index (χ0) is 24.2. The van der Waals surface area contributed by atoms with Crippen molar-refractivity contribution < 1.29 is 37.1 Å². The molecule has 3 rings (SSSR count). The number of alkyl halides is 3. The topological polar surface area (TPSA) is 113 Å². The highest BCUT2D eigenvalue weighted by atomic mass is 19.4. The van der Waals surface area contributed by atoms with Gasteiger partial charge in [0, 0.05) is 24.9 Å². The van der Waals surface area contributed by atoms with Crippen molar-refractivity contribution in [3.63, 3.8) is 0 Å². The fourth-order valence-electron chi connectivity index (χ4n) is 3.90. The van der Waals surface area contributed by atoms with E-state index in [4.69, 9.17) is 0 Å². The largest absolute Gasteiger partial charge is 0.389 e. The first-order chi connectivity index (χ1) is 15.6. The summed E-state index contributed by atoms with van der Waals surface area (Å²) in [5.74, 6) is -2.97. The molecule has 1 saturated heterocycles. The molecule has 2 heterocycles. The fourth-order valence-corrected chi connectivity index (χ4v) is 3.90. The van der Waals surface area contributed by atoms with Crippen LogP contribution in [0.25, 0.3) is 0 Å². The summed E-state index contributed by atoms with van der Waals surface area (Å²) in [6.45, 7) is 0.324. The molecule has 2 aliphatic heterocycles. The maximum atomic E-state index is 12.8. The standard InChI is InChI=1S/C22H24F3N3O5/c23-22(24,25)10-4-2-1-3-5-11-26-18(30)13-6-7-14-15(12-13)21(33)28(20(14)32)16-8-9-17(29)27-19(16)31/h6-7,12,16H,1-5,8-11H2,(H,26,30)(H,27,29,31). The number of rotatable bonds is 9. The van der Waals surface area contributed by atoms with Crippen molar-refractivity contribution >= 4 is 29.5 Å². The van der Waals surface area contributed by atoms with Crippen LogP contribution in [0.3, 0.4) is 0 Å². The third kappa shape index (κ3) is 5.96. The molecule has 0 saturated carbocycles. The van der Waals surface area contributed by atoms with Crippen molar-refractivity contribution in [2.24, 2.45) is 0 Å². The normalized spacial score (nSPS) is 18.4. The summed E-state index contributed by atoms with van der Waals surface area (Å²) in [5.41, 5.74) is 0.271. The zero-order valence-corrected chi connectivity index (χ0v) is 17.8. The Hall–Kier alpha value is -3.24. The molecule has 11 heteroatoms. The number of imide groups is 2. The number of hydrogen-bond donors (Lipinski definition) is 2. The van der Waals surface area contributed by atoms with E-state index >= 15 is 0 Å². The summed E-state index contributed by atoms with van der Waals surface area (Å²) in [6, 6.07) is 2.98. The predicted octanol–water partition coefficient (Wildman–Crippen LogP) is 2.72. The molecule has 0 aliphatic carbocycles. The minimum Gasteiger partial charge on any atom is -0.352 e. The Bertz CT molecular complexity index is 977. The van der Waals surface area contributed by atoms with Gasteiger partial charge >= 0.3 is 6.18 Å². The maximum Gasteiger partial charge on any atom is 0.389 e. The molecule has 33 heavy (non-hydrogen) atoms. The third-order valence-electron chi connectivity index (χ3n) is 5.62. The van der Waals surface area contributed by atoms with Crippen molar-refractivity contribution in [1.82, 2.24) is 15.5 Å². The van der Waals surface area contributed by atoms with Crippen LogP contribution in [0.4, 0.5) is 13.2 Å². The molecule has 0 bridgehead atoms. The molecule has 1 unspecified atom stereocenters. The van der Waals surface area contributed by atoms with E-state index in [1.165, 1.54) is 18.2 Å². The number of unbranched alkanes of at least 4 members (excludes halogenated alkanes) is 4. The van der Waals surface area contributed by atoms with Crippen LogP contribution in [0.2, 0.25) is 0 Å². The number of halogens is 3. The lowest BCUT2D eigenvalue weighted by Crippen LogP contribution is -2.54. The van der Waals surface area contributed by atoms with Crippen molar-refractivity contribution in [2.45, 2.75) is 63.6 Å². The number of nitrogens with one attached hydrogen (secondary N) is 2. The number of hydrogen-bond acceptors (Lipinski definition) is 5. The predicted molar refractivity (Wildman–Crippen MR) is 109 cm³/mol. The van der Waals surface area contributed by atoms with Gasteiger partial charge in [-0.05, 0) is 37.5 Å². The average molecular weight is 467 g/mol. The van der Waals surface area contributed by atoms with Gasteiger partial charge in [-0.15, -0.1) is 0 Å². The van der Waals surface area contributed by atoms with Crippen LogP contribution < -0.4 is 10.6 Å². The Morgan fingerprint density at radius 1 is 1.00 bits per heavy atom. The van der Waals surface area contributed by atoms with Gasteiger partial charge in [-0.2, -0.15) is 13.2 Å². The number of carbonyl (C=O) groups is 5. The molecule has 0 radical (unpaired) electrons. The van der Waals surface area contributed by atoms with Crippen LogP contribution in [0.15, 0.2) is 18.2 Å². The molecular weight excluding hydrogens is 443 g/mol. The highest BCUT2D eigenvalue weighted by molar-refractivity contribution is 6.24. The van der Waals surface area contributed by atoms with E-state index < -0.39 is 48.2 Å². The zero-order valence-electron chi connectivity index (χ0n) is 17.8. The molecule has 2 N–H and O–H groups in total. The van der Waals surface area contributed by atoms with Crippen molar-refractivity contribution in [3.8, 4) is 0 Å². The maximum absolute atomic E-state index is 12.8. The van der Waals surface area contributed by atoms with Crippen LogP contribution >= 0.6 is 0 Å². The summed E-state index contributed by atoms with van der Waals surface area (Å²) in [5, 5.41) is 4.80. The molecule has 2 aliphatic rings. The average Bonchev–Trinajstić information content (AvgIpc) is 2.99. The van der Waals surface area contributed by atoms with E-state index in [0.717, 1.165) is 4.90 Å². The minimum absolute atomic E-state index is 0.0137. The summed E-state index contributed by atoms with van der Waals surface area (Å²) in [6.07, 6.45) is -2.39. The lowest BCUT2D eigenvalue weighted by molar-refractivity contribution is -0.137. The first kappa shape index (κ1) is 24.4. The van der Waals surface area contributed by atoms with Crippen LogP contribution in [0.5, 0.6) is 0 Å². The second kappa shape index (κ2) is 10.1. The number of amides is 5. The molecular formula is C22H24F3N3O5. The second-order valence-electron chi connectivity index (χ2n) is 8.10. The van der Waals surface area contributed by atoms with Crippen molar-refractivity contribution in [2.75, 3.05) is 6.54 Å². The molecule has 5 amide bonds. The molecule has 178 valence electrons. The van der Waals surface area contributed by atoms with Gasteiger partial charge in [0.1, 0.15) is 6.04 Å². The van der Waals surface area contributed by atoms with Crippen molar-refractivity contribution in [3.05, 3.63) is 34.9 Å². The van der Waals surface area contributed by atoms with E-state index in [1.54, 1.807) is 0 Å². The Labute approximate surface area is 187 Å². The van der Waals surface area contributed by atoms with Crippen LogP contribution in [-0.2, 0) is 9.59 Å². The summed E-state index contributed by atoms with van der Waals surface area (Å²) in [7, 11) is 0. The number of benzene rings is 1. The van der Waals surface area contributed by atoms with Gasteiger partial charge in [0.05, 0.1) is 11.1 Å². The molecule has 1 atom stereocenters. The molecule has 0 aromatic heterocycles. The summed E-state index contributed by atoms with van der Waals surface area (Å²) in [4.78, 5) is 62.1. The van der Waals surface area contributed by atoms with E-state index in [0.29, 0.717) is 32.2 Å². The summed E-state index contributed by atoms with van der Waals surface area (Å²) < 4.78 is 36.3. The van der Waals surface area contributed by atoms with Gasteiger partial charge in [-0.25, -0.2) is 0 Å². The van der Waals surface area contributed by atoms with E-state index in [1.807, 2.05) is 0 Å². The first-order valence-corrected chi connectivity index (χ1v) is 10.8. The highest BCUT2D eigenvalue weighted by Gasteiger charge is 2.44. The van der Waals surface area contributed by atoms with Crippen LogP contribution in [0.1, 0.15) is 82.4 Å². The molecule has 8 nitrogen and oxygen atoms in total. The fraction of sp³-hybridized carbons (Fsp3) is 0.500. The monoisotopic (exact) mass is 467 g/mol. The van der Waals surface area contributed by atoms with Gasteiger partial charge in [0.25, 0.3) is 17.7 Å². The Balaban J connectivity index is 1.51. The van der Waals surface area contributed by atoms with Gasteiger partial charge in [-0.1, -0.05) is 19.3 Å². The van der Waals surface area contributed by atoms with E-state index in [9.17, 15) is 37.1 Å². The summed E-state index contributed by atoms with van der Waals surface area (Å²) >= 11 is 0. The van der Waals surface area contributed by atoms with Gasteiger partial charge in [-0.3, -0.25) is 34.2 Å². The van der Waals surface area contributed by atoms with E-state index in [2.05, 4.69) is 10.6 Å². The quantitative estimate of drug-likeness (QED) is 0.428. The number of carbonyl (C=O) groups excluding carboxylic acids is 5. The molecule has 1 aromatic carbocycles. The minimum atomic E-state index is -4.13. The van der Waals surface area contributed by atoms with Crippen LogP contribution in [0, 0.1) is 0 Å². The van der Waals surface area contributed by atoms with Crippen molar-refractivity contribution in [1.29, 1.82) is 0 Å². The van der Waals surface area contributed by atoms with Gasteiger partial charge < -0.3 is 5.32 Å². The van der Waals surface area contributed by atoms with Gasteiger partial charge in [0.2, 0.25) is 11.8 Å². The Morgan fingerprint density at radius 2 is 1.67 bits per heavy atom. The van der Waals surface area contributed by atoms with E-state index in [-0.39, 0.29) is 36.0 Å². The third-order valence-corrected chi connectivity index (χ3v) is 5.62. The Kier molecular flexibility index (Phi) is 7.50. The molecule has 1 fully saturated rings. The first-order valence-electron chi connectivity index (χ1n) is 10.8. The lowest BCUT2D eigenvalue weighted by atomic mass is 10.0. The van der Waals surface area contributed by atoms with Crippen LogP contribution in [-0.4, -0.2) is 53.2 Å². The SMILES string of the molecule is O=C1CCC(N2C(=O)c3ccc(C(=O)NCCCCCCCC(F)(F)F)cc3C2=O)C(=O)N1. The number of piperidine rings is 1. The number of fused-ring (bicyclic) bond motifs is 1. The molecule has 1 aromatic rings. The van der Waals surface area contributed by atoms with Gasteiger partial charge in [0.15, 0.2) is 0 Å².